The number of fused-ring (bicyclic) bond motifs is 1. The summed E-state index contributed by atoms with van der Waals surface area (Å²) in [5.41, 5.74) is 0. The van der Waals surface area contributed by atoms with Crippen molar-refractivity contribution in [3.8, 4) is 0 Å². The molecule has 5 heteroatoms. The Kier molecular flexibility index (Phi) is 4.20. The molecular weight excluding hydrogens is 310 g/mol. The molecule has 1 aromatic rings. The van der Waals surface area contributed by atoms with Gasteiger partial charge in [-0.05, 0) is 62.5 Å². The Labute approximate surface area is 141 Å². The maximum absolute atomic E-state index is 12.8. The molecule has 4 rings (SSSR count). The summed E-state index contributed by atoms with van der Waals surface area (Å²) >= 11 is 1.59. The monoisotopic (exact) mass is 335 g/mol. The number of hydrogen-bond donors (Lipinski definition) is 1. The predicted octanol–water partition coefficient (Wildman–Crippen LogP) is 3.22. The molecule has 1 aliphatic heterocycles. The van der Waals surface area contributed by atoms with Crippen LogP contribution in [0.25, 0.3) is 0 Å². The van der Waals surface area contributed by atoms with Gasteiger partial charge in [-0.15, -0.1) is 11.3 Å². The van der Waals surface area contributed by atoms with Crippen LogP contribution in [-0.4, -0.2) is 41.7 Å². The minimum atomic E-state index is -0.113. The fraction of sp³-hybridized carbons (Fsp3) is 0.722. The van der Waals surface area contributed by atoms with Gasteiger partial charge in [-0.1, -0.05) is 0 Å². The molecule has 3 unspecified atom stereocenters. The first-order valence-corrected chi connectivity index (χ1v) is 9.60. The Morgan fingerprint density at radius 3 is 2.65 bits per heavy atom. The van der Waals surface area contributed by atoms with Crippen LogP contribution in [0.2, 0.25) is 0 Å². The quantitative estimate of drug-likeness (QED) is 0.923. The summed E-state index contributed by atoms with van der Waals surface area (Å²) in [4.78, 5) is 16.7. The second-order valence-corrected chi connectivity index (χ2v) is 8.51. The van der Waals surface area contributed by atoms with Gasteiger partial charge in [0.05, 0.1) is 17.1 Å². The van der Waals surface area contributed by atoms with Crippen LogP contribution in [0.4, 0.5) is 0 Å². The van der Waals surface area contributed by atoms with Crippen LogP contribution in [-0.2, 0) is 4.74 Å². The molecule has 4 nitrogen and oxygen atoms in total. The van der Waals surface area contributed by atoms with Crippen molar-refractivity contribution in [3.05, 3.63) is 21.9 Å². The second kappa shape index (κ2) is 6.19. The van der Waals surface area contributed by atoms with Gasteiger partial charge in [0, 0.05) is 24.6 Å². The van der Waals surface area contributed by atoms with E-state index < -0.39 is 0 Å². The first-order chi connectivity index (χ1) is 11.1. The molecule has 1 saturated heterocycles. The highest BCUT2D eigenvalue weighted by atomic mass is 32.1. The van der Waals surface area contributed by atoms with E-state index in [1.165, 1.54) is 4.88 Å². The predicted molar refractivity (Wildman–Crippen MR) is 89.6 cm³/mol. The molecule has 5 atom stereocenters. The van der Waals surface area contributed by atoms with Crippen molar-refractivity contribution in [2.75, 3.05) is 13.7 Å². The van der Waals surface area contributed by atoms with Crippen molar-refractivity contribution >= 4 is 17.2 Å². The molecule has 1 N–H and O–H groups in total. The molecule has 0 bridgehead atoms. The topological polar surface area (TPSA) is 49.8 Å². The molecule has 23 heavy (non-hydrogen) atoms. The van der Waals surface area contributed by atoms with E-state index in [2.05, 4.69) is 6.07 Å². The highest BCUT2D eigenvalue weighted by Gasteiger charge is 2.43. The molecule has 3 aliphatic rings. The number of aliphatic hydroxyl groups is 1. The number of ether oxygens (including phenoxy) is 1. The summed E-state index contributed by atoms with van der Waals surface area (Å²) < 4.78 is 5.71. The second-order valence-electron chi connectivity index (χ2n) is 7.39. The van der Waals surface area contributed by atoms with Crippen LogP contribution in [0.5, 0.6) is 0 Å². The smallest absolute Gasteiger partial charge is 0.263 e. The van der Waals surface area contributed by atoms with Gasteiger partial charge >= 0.3 is 0 Å². The Morgan fingerprint density at radius 1 is 1.26 bits per heavy atom. The molecule has 0 aromatic carbocycles. The van der Waals surface area contributed by atoms with Gasteiger partial charge < -0.3 is 14.7 Å². The minimum Gasteiger partial charge on any atom is -0.393 e. The average Bonchev–Trinajstić information content (AvgIpc) is 3.27. The zero-order chi connectivity index (χ0) is 16.0. The third kappa shape index (κ3) is 2.94. The number of rotatable bonds is 3. The Hall–Kier alpha value is -0.910. The van der Waals surface area contributed by atoms with Crippen LogP contribution < -0.4 is 0 Å². The standard InChI is InChI=1S/C18H25NO3S/c1-19(13-7-11-9-14(20)10-12(11)8-13)18(21)17-5-4-16(23-17)15-3-2-6-22-15/h4-5,11-15,20H,2-3,6-10H2,1H3/t11-,12+,13?,14?,15?. The van der Waals surface area contributed by atoms with E-state index in [4.69, 9.17) is 4.74 Å². The number of hydrogen-bond acceptors (Lipinski definition) is 4. The maximum atomic E-state index is 12.8. The minimum absolute atomic E-state index is 0.113. The molecule has 2 aliphatic carbocycles. The van der Waals surface area contributed by atoms with Gasteiger partial charge in [-0.25, -0.2) is 0 Å². The molecule has 1 amide bonds. The lowest BCUT2D eigenvalue weighted by Gasteiger charge is -2.25. The number of aliphatic hydroxyl groups excluding tert-OH is 1. The van der Waals surface area contributed by atoms with E-state index in [0.717, 1.165) is 50.0 Å². The highest BCUT2D eigenvalue weighted by Crippen LogP contribution is 2.45. The number of nitrogens with zero attached hydrogens (tertiary/aromatic N) is 1. The molecule has 0 spiro atoms. The van der Waals surface area contributed by atoms with Gasteiger partial charge in [0.1, 0.15) is 0 Å². The third-order valence-corrected chi connectivity index (χ3v) is 7.08. The summed E-state index contributed by atoms with van der Waals surface area (Å²) in [5.74, 6) is 1.36. The lowest BCUT2D eigenvalue weighted by molar-refractivity contribution is 0.0727. The van der Waals surface area contributed by atoms with Crippen LogP contribution in [0.1, 0.15) is 59.2 Å². The molecule has 2 heterocycles. The lowest BCUT2D eigenvalue weighted by Crippen LogP contribution is -2.35. The summed E-state index contributed by atoms with van der Waals surface area (Å²) in [6.07, 6.45) is 6.21. The van der Waals surface area contributed by atoms with E-state index in [9.17, 15) is 9.90 Å². The zero-order valence-electron chi connectivity index (χ0n) is 13.6. The zero-order valence-corrected chi connectivity index (χ0v) is 14.4. The van der Waals surface area contributed by atoms with E-state index in [0.29, 0.717) is 17.9 Å². The van der Waals surface area contributed by atoms with E-state index in [1.807, 2.05) is 18.0 Å². The lowest BCUT2D eigenvalue weighted by atomic mass is 10.0. The largest absolute Gasteiger partial charge is 0.393 e. The summed E-state index contributed by atoms with van der Waals surface area (Å²) in [5, 5.41) is 9.76. The number of amides is 1. The molecule has 2 saturated carbocycles. The third-order valence-electron chi connectivity index (χ3n) is 5.92. The normalized spacial score (nSPS) is 36.3. The van der Waals surface area contributed by atoms with Crippen LogP contribution in [0, 0.1) is 11.8 Å². The summed E-state index contributed by atoms with van der Waals surface area (Å²) in [6.45, 7) is 0.836. The van der Waals surface area contributed by atoms with Crippen molar-refractivity contribution in [2.45, 2.75) is 56.8 Å². The van der Waals surface area contributed by atoms with Crippen molar-refractivity contribution in [1.29, 1.82) is 0 Å². The molecule has 1 aromatic heterocycles. The highest BCUT2D eigenvalue weighted by molar-refractivity contribution is 7.14. The van der Waals surface area contributed by atoms with Gasteiger partial charge in [-0.2, -0.15) is 0 Å². The van der Waals surface area contributed by atoms with Crippen LogP contribution in [0.15, 0.2) is 12.1 Å². The van der Waals surface area contributed by atoms with Crippen molar-refractivity contribution in [3.63, 3.8) is 0 Å². The molecule has 126 valence electrons. The van der Waals surface area contributed by atoms with Gasteiger partial charge in [-0.3, -0.25) is 4.79 Å². The van der Waals surface area contributed by atoms with Crippen molar-refractivity contribution < 1.29 is 14.6 Å². The Morgan fingerprint density at radius 2 is 2.00 bits per heavy atom. The maximum Gasteiger partial charge on any atom is 0.263 e. The Balaban J connectivity index is 1.41. The number of thiophene rings is 1. The van der Waals surface area contributed by atoms with Gasteiger partial charge in [0.15, 0.2) is 0 Å². The van der Waals surface area contributed by atoms with Crippen LogP contribution in [0.3, 0.4) is 0 Å². The van der Waals surface area contributed by atoms with Gasteiger partial charge in [0.25, 0.3) is 5.91 Å². The average molecular weight is 335 g/mol. The van der Waals surface area contributed by atoms with E-state index >= 15 is 0 Å². The fourth-order valence-electron chi connectivity index (χ4n) is 4.65. The molecule has 0 radical (unpaired) electrons. The van der Waals surface area contributed by atoms with Crippen molar-refractivity contribution in [1.82, 2.24) is 4.90 Å². The first-order valence-electron chi connectivity index (χ1n) is 8.78. The van der Waals surface area contributed by atoms with Crippen LogP contribution >= 0.6 is 11.3 Å². The summed E-state index contributed by atoms with van der Waals surface area (Å²) in [7, 11) is 1.94. The molecular formula is C18H25NO3S. The number of carbonyl (C=O) groups excluding carboxylic acids is 1. The number of carbonyl (C=O) groups is 1. The van der Waals surface area contributed by atoms with Gasteiger partial charge in [0.2, 0.25) is 0 Å². The summed E-state index contributed by atoms with van der Waals surface area (Å²) in [6, 6.07) is 4.35. The molecule has 3 fully saturated rings. The van der Waals surface area contributed by atoms with E-state index in [-0.39, 0.29) is 18.1 Å². The first kappa shape index (κ1) is 15.6. The Bertz CT molecular complexity index is 567. The van der Waals surface area contributed by atoms with E-state index in [1.54, 1.807) is 11.3 Å². The SMILES string of the molecule is CN(C(=O)c1ccc(C2CCCO2)s1)C1C[C@H]2CC(O)C[C@H]2C1. The fourth-order valence-corrected chi connectivity index (χ4v) is 5.73. The van der Waals surface area contributed by atoms with Crippen molar-refractivity contribution in [2.24, 2.45) is 11.8 Å².